The van der Waals surface area contributed by atoms with Crippen LogP contribution in [0.3, 0.4) is 0 Å². The zero-order valence-electron chi connectivity index (χ0n) is 11.1. The summed E-state index contributed by atoms with van der Waals surface area (Å²) < 4.78 is 0. The first-order valence-corrected chi connectivity index (χ1v) is 5.50. The molecule has 96 valence electrons. The molecule has 4 nitrogen and oxygen atoms in total. The molecular formula is C13H21NO3. The summed E-state index contributed by atoms with van der Waals surface area (Å²) in [6, 6.07) is 0. The molecule has 0 radical (unpaired) electrons. The Hall–Kier alpha value is -1.58. The molecule has 2 N–H and O–H groups in total. The number of carboxylic acid groups (broad SMARTS) is 1. The monoisotopic (exact) mass is 239 g/mol. The maximum atomic E-state index is 11.6. The number of rotatable bonds is 5. The van der Waals surface area contributed by atoms with Gasteiger partial charge in [0.2, 0.25) is 5.91 Å². The Morgan fingerprint density at radius 1 is 1.12 bits per heavy atom. The van der Waals surface area contributed by atoms with E-state index in [1.165, 1.54) is 6.08 Å². The molecule has 0 aliphatic carbocycles. The van der Waals surface area contributed by atoms with Crippen molar-refractivity contribution in [2.45, 2.75) is 40.2 Å². The molecule has 0 aliphatic heterocycles. The summed E-state index contributed by atoms with van der Waals surface area (Å²) in [5, 5.41) is 11.8. The van der Waals surface area contributed by atoms with Crippen molar-refractivity contribution in [3.05, 3.63) is 24.3 Å². The minimum Gasteiger partial charge on any atom is -0.481 e. The van der Waals surface area contributed by atoms with Gasteiger partial charge in [-0.2, -0.15) is 0 Å². The fourth-order valence-electron chi connectivity index (χ4n) is 1.03. The third-order valence-corrected chi connectivity index (χ3v) is 3.08. The van der Waals surface area contributed by atoms with Gasteiger partial charge in [0.15, 0.2) is 0 Å². The van der Waals surface area contributed by atoms with Gasteiger partial charge in [-0.15, -0.1) is 0 Å². The molecule has 4 heteroatoms. The van der Waals surface area contributed by atoms with Crippen LogP contribution in [0.25, 0.3) is 0 Å². The molecule has 0 saturated heterocycles. The highest BCUT2D eigenvalue weighted by Gasteiger charge is 2.44. The molecule has 0 saturated carbocycles. The van der Waals surface area contributed by atoms with E-state index in [2.05, 4.69) is 5.32 Å². The van der Waals surface area contributed by atoms with E-state index in [0.717, 1.165) is 0 Å². The number of hydrogen-bond acceptors (Lipinski definition) is 2. The van der Waals surface area contributed by atoms with Crippen molar-refractivity contribution in [1.82, 2.24) is 5.32 Å². The standard InChI is InChI=1S/C13H21NO3/c1-6-7-8-9-10(15)14-13(4,5)12(2,3)11(16)17/h6-9H,1-5H3,(H,14,15)(H,16,17)/b7-6+,9-8-. The zero-order valence-corrected chi connectivity index (χ0v) is 11.1. The van der Waals surface area contributed by atoms with Gasteiger partial charge in [-0.3, -0.25) is 9.59 Å². The third kappa shape index (κ3) is 4.06. The molecule has 0 aromatic rings. The van der Waals surface area contributed by atoms with Gasteiger partial charge in [-0.1, -0.05) is 18.2 Å². The second kappa shape index (κ2) is 5.66. The van der Waals surface area contributed by atoms with Crippen LogP contribution < -0.4 is 5.32 Å². The van der Waals surface area contributed by atoms with Crippen LogP contribution in [0.15, 0.2) is 24.3 Å². The van der Waals surface area contributed by atoms with E-state index in [1.807, 2.05) is 6.92 Å². The van der Waals surface area contributed by atoms with Crippen LogP contribution >= 0.6 is 0 Å². The van der Waals surface area contributed by atoms with Crippen LogP contribution in [0.5, 0.6) is 0 Å². The maximum absolute atomic E-state index is 11.6. The van der Waals surface area contributed by atoms with Gasteiger partial charge in [0.05, 0.1) is 11.0 Å². The molecular weight excluding hydrogens is 218 g/mol. The number of carbonyl (C=O) groups excluding carboxylic acids is 1. The number of allylic oxidation sites excluding steroid dienone is 3. The van der Waals surface area contributed by atoms with E-state index in [1.54, 1.807) is 45.9 Å². The molecule has 1 amide bonds. The maximum Gasteiger partial charge on any atom is 0.311 e. The Morgan fingerprint density at radius 2 is 1.65 bits per heavy atom. The first-order valence-electron chi connectivity index (χ1n) is 5.50. The van der Waals surface area contributed by atoms with Crippen molar-refractivity contribution in [2.24, 2.45) is 5.41 Å². The van der Waals surface area contributed by atoms with Crippen molar-refractivity contribution >= 4 is 11.9 Å². The van der Waals surface area contributed by atoms with Gasteiger partial charge in [0, 0.05) is 6.08 Å². The van der Waals surface area contributed by atoms with Gasteiger partial charge in [0.1, 0.15) is 0 Å². The largest absolute Gasteiger partial charge is 0.481 e. The molecule has 0 aromatic carbocycles. The molecule has 0 aromatic heterocycles. The highest BCUT2D eigenvalue weighted by Crippen LogP contribution is 2.30. The van der Waals surface area contributed by atoms with Gasteiger partial charge in [-0.05, 0) is 34.6 Å². The predicted octanol–water partition coefficient (Wildman–Crippen LogP) is 2.12. The van der Waals surface area contributed by atoms with Crippen LogP contribution in [0, 0.1) is 5.41 Å². The lowest BCUT2D eigenvalue weighted by atomic mass is 9.74. The van der Waals surface area contributed by atoms with E-state index in [9.17, 15) is 9.59 Å². The van der Waals surface area contributed by atoms with Gasteiger partial charge >= 0.3 is 5.97 Å². The fourth-order valence-corrected chi connectivity index (χ4v) is 1.03. The first-order chi connectivity index (χ1) is 7.65. The van der Waals surface area contributed by atoms with Gasteiger partial charge in [0.25, 0.3) is 0 Å². The molecule has 0 fully saturated rings. The number of carbonyl (C=O) groups is 2. The highest BCUT2D eigenvalue weighted by atomic mass is 16.4. The van der Waals surface area contributed by atoms with E-state index in [0.29, 0.717) is 0 Å². The number of amides is 1. The van der Waals surface area contributed by atoms with Crippen molar-refractivity contribution in [3.63, 3.8) is 0 Å². The predicted molar refractivity (Wildman–Crippen MR) is 67.6 cm³/mol. The lowest BCUT2D eigenvalue weighted by Crippen LogP contribution is -2.56. The lowest BCUT2D eigenvalue weighted by molar-refractivity contribution is -0.151. The summed E-state index contributed by atoms with van der Waals surface area (Å²) >= 11 is 0. The minimum atomic E-state index is -1.04. The van der Waals surface area contributed by atoms with Crippen LogP contribution in [-0.4, -0.2) is 22.5 Å². The smallest absolute Gasteiger partial charge is 0.311 e. The second-order valence-electron chi connectivity index (χ2n) is 4.93. The molecule has 0 bridgehead atoms. The Labute approximate surface area is 102 Å². The number of nitrogens with one attached hydrogen (secondary N) is 1. The Balaban J connectivity index is 4.76. The van der Waals surface area contributed by atoms with Crippen LogP contribution in [-0.2, 0) is 9.59 Å². The van der Waals surface area contributed by atoms with Crippen molar-refractivity contribution in [3.8, 4) is 0 Å². The van der Waals surface area contributed by atoms with Gasteiger partial charge < -0.3 is 10.4 Å². The average molecular weight is 239 g/mol. The zero-order chi connectivity index (χ0) is 13.7. The second-order valence-corrected chi connectivity index (χ2v) is 4.93. The first kappa shape index (κ1) is 15.4. The molecule has 0 rings (SSSR count). The molecule has 0 heterocycles. The quantitative estimate of drug-likeness (QED) is 0.570. The topological polar surface area (TPSA) is 66.4 Å². The summed E-state index contributed by atoms with van der Waals surface area (Å²) in [5.74, 6) is -1.25. The lowest BCUT2D eigenvalue weighted by Gasteiger charge is -2.38. The third-order valence-electron chi connectivity index (χ3n) is 3.08. The summed E-state index contributed by atoms with van der Waals surface area (Å²) in [6.45, 7) is 8.42. The van der Waals surface area contributed by atoms with E-state index < -0.39 is 16.9 Å². The molecule has 0 unspecified atom stereocenters. The van der Waals surface area contributed by atoms with Crippen LogP contribution in [0.2, 0.25) is 0 Å². The van der Waals surface area contributed by atoms with E-state index >= 15 is 0 Å². The normalized spacial score (nSPS) is 13.2. The molecule has 0 aliphatic rings. The van der Waals surface area contributed by atoms with Crippen molar-refractivity contribution < 1.29 is 14.7 Å². The summed E-state index contributed by atoms with van der Waals surface area (Å²) in [5.41, 5.74) is -1.88. The SMILES string of the molecule is C/C=C/C=C\C(=O)NC(C)(C)C(C)(C)C(=O)O. The Morgan fingerprint density at radius 3 is 2.06 bits per heavy atom. The molecule has 0 spiro atoms. The van der Waals surface area contributed by atoms with Crippen molar-refractivity contribution in [1.29, 1.82) is 0 Å². The minimum absolute atomic E-state index is 0.303. The molecule has 0 atom stereocenters. The Bertz CT molecular complexity index is 352. The number of aliphatic carboxylic acids is 1. The van der Waals surface area contributed by atoms with Crippen LogP contribution in [0.4, 0.5) is 0 Å². The Kier molecular flexibility index (Phi) is 5.13. The number of hydrogen-bond donors (Lipinski definition) is 2. The molecule has 17 heavy (non-hydrogen) atoms. The van der Waals surface area contributed by atoms with Crippen molar-refractivity contribution in [2.75, 3.05) is 0 Å². The number of carboxylic acids is 1. The highest BCUT2D eigenvalue weighted by molar-refractivity contribution is 5.89. The summed E-state index contributed by atoms with van der Waals surface area (Å²) in [6.07, 6.45) is 6.52. The summed E-state index contributed by atoms with van der Waals surface area (Å²) in [4.78, 5) is 22.7. The van der Waals surface area contributed by atoms with E-state index in [4.69, 9.17) is 5.11 Å². The summed E-state index contributed by atoms with van der Waals surface area (Å²) in [7, 11) is 0. The van der Waals surface area contributed by atoms with E-state index in [-0.39, 0.29) is 5.91 Å². The van der Waals surface area contributed by atoms with Gasteiger partial charge in [-0.25, -0.2) is 0 Å². The average Bonchev–Trinajstić information content (AvgIpc) is 2.16. The van der Waals surface area contributed by atoms with Crippen LogP contribution in [0.1, 0.15) is 34.6 Å². The fraction of sp³-hybridized carbons (Fsp3) is 0.538.